The molecule has 0 aliphatic carbocycles. The normalized spacial score (nSPS) is 11.5. The zero-order chi connectivity index (χ0) is 16.6. The average molecular weight is 331 g/mol. The second-order valence-electron chi connectivity index (χ2n) is 5.06. The summed E-state index contributed by atoms with van der Waals surface area (Å²) in [4.78, 5) is 17.4. The number of aryl methyl sites for hydroxylation is 3. The summed E-state index contributed by atoms with van der Waals surface area (Å²) in [5.41, 5.74) is 5.02. The van der Waals surface area contributed by atoms with Crippen molar-refractivity contribution in [3.05, 3.63) is 45.2 Å². The van der Waals surface area contributed by atoms with Crippen molar-refractivity contribution in [2.75, 3.05) is 0 Å². The summed E-state index contributed by atoms with van der Waals surface area (Å²) in [5.74, 6) is -0.357. The Morgan fingerprint density at radius 2 is 2.22 bits per heavy atom. The number of hydrogen-bond donors (Lipinski definition) is 1. The molecule has 3 aromatic rings. The van der Waals surface area contributed by atoms with Crippen molar-refractivity contribution >= 4 is 34.5 Å². The van der Waals surface area contributed by atoms with E-state index in [0.717, 1.165) is 22.7 Å². The van der Waals surface area contributed by atoms with Crippen LogP contribution in [0.15, 0.2) is 23.3 Å². The van der Waals surface area contributed by atoms with Gasteiger partial charge in [0.15, 0.2) is 10.8 Å². The second-order valence-corrected chi connectivity index (χ2v) is 6.13. The summed E-state index contributed by atoms with van der Waals surface area (Å²) in [5, 5.41) is 8.58. The number of carbonyl (C=O) groups excluding carboxylic acids is 1. The lowest BCUT2D eigenvalue weighted by Gasteiger charge is -2.04. The van der Waals surface area contributed by atoms with Gasteiger partial charge in [-0.1, -0.05) is 0 Å². The Balaban J connectivity index is 1.90. The Morgan fingerprint density at radius 3 is 2.91 bits per heavy atom. The minimum absolute atomic E-state index is 0.296. The molecule has 1 N–H and O–H groups in total. The lowest BCUT2D eigenvalue weighted by Crippen LogP contribution is -2.18. The second kappa shape index (κ2) is 5.88. The largest absolute Gasteiger partial charge is 0.272 e. The molecule has 8 heteroatoms. The first-order chi connectivity index (χ1) is 11.0. The number of nitrogens with zero attached hydrogens (tertiary/aromatic N) is 4. The van der Waals surface area contributed by atoms with Crippen LogP contribution < -0.4 is 5.43 Å². The first-order valence-electron chi connectivity index (χ1n) is 6.85. The fourth-order valence-electron chi connectivity index (χ4n) is 2.36. The molecule has 3 heterocycles. The van der Waals surface area contributed by atoms with E-state index in [-0.39, 0.29) is 11.0 Å². The predicted octanol–water partition coefficient (Wildman–Crippen LogP) is 2.55. The fourth-order valence-corrected chi connectivity index (χ4v) is 2.96. The standard InChI is InChI=1S/C15H14FN5OS/c1-8-6-11(13-9(2)20-21(3)14(13)18-8)15(22)19-17-7-10-4-5-12(16)23-10/h4-7H,1-3H3,(H,19,22)/b17-7+. The van der Waals surface area contributed by atoms with Crippen LogP contribution in [-0.2, 0) is 7.05 Å². The Labute approximate surface area is 135 Å². The van der Waals surface area contributed by atoms with E-state index in [0.29, 0.717) is 21.5 Å². The molecule has 0 saturated heterocycles. The minimum atomic E-state index is -0.357. The molecule has 0 aliphatic rings. The summed E-state index contributed by atoms with van der Waals surface area (Å²) in [6.45, 7) is 3.64. The molecule has 3 rings (SSSR count). The van der Waals surface area contributed by atoms with E-state index in [9.17, 15) is 9.18 Å². The van der Waals surface area contributed by atoms with Crippen LogP contribution in [0.3, 0.4) is 0 Å². The fraction of sp³-hybridized carbons (Fsp3) is 0.200. The highest BCUT2D eigenvalue weighted by atomic mass is 32.1. The first kappa shape index (κ1) is 15.3. The number of halogens is 1. The lowest BCUT2D eigenvalue weighted by molar-refractivity contribution is 0.0956. The number of rotatable bonds is 3. The van der Waals surface area contributed by atoms with E-state index in [2.05, 4.69) is 20.6 Å². The Hall–Kier alpha value is -2.61. The smallest absolute Gasteiger partial charge is 0.267 e. The van der Waals surface area contributed by atoms with Gasteiger partial charge in [0, 0.05) is 12.7 Å². The van der Waals surface area contributed by atoms with Gasteiger partial charge < -0.3 is 0 Å². The van der Waals surface area contributed by atoms with Crippen molar-refractivity contribution in [3.8, 4) is 0 Å². The van der Waals surface area contributed by atoms with Crippen LogP contribution in [0.4, 0.5) is 4.39 Å². The highest BCUT2D eigenvalue weighted by Crippen LogP contribution is 2.21. The molecule has 0 atom stereocenters. The van der Waals surface area contributed by atoms with Gasteiger partial charge in [-0.2, -0.15) is 14.6 Å². The molecule has 118 valence electrons. The quantitative estimate of drug-likeness (QED) is 0.592. The van der Waals surface area contributed by atoms with Crippen LogP contribution in [0.2, 0.25) is 0 Å². The number of pyridine rings is 1. The topological polar surface area (TPSA) is 72.2 Å². The molecule has 3 aromatic heterocycles. The van der Waals surface area contributed by atoms with Crippen molar-refractivity contribution < 1.29 is 9.18 Å². The summed E-state index contributed by atoms with van der Waals surface area (Å²) in [6.07, 6.45) is 1.41. The van der Waals surface area contributed by atoms with Crippen LogP contribution in [0, 0.1) is 19.0 Å². The van der Waals surface area contributed by atoms with Crippen LogP contribution in [0.25, 0.3) is 11.0 Å². The van der Waals surface area contributed by atoms with Crippen molar-refractivity contribution in [3.63, 3.8) is 0 Å². The van der Waals surface area contributed by atoms with Gasteiger partial charge in [0.2, 0.25) is 0 Å². The molecule has 6 nitrogen and oxygen atoms in total. The SMILES string of the molecule is Cc1cc(C(=O)N/N=C/c2ccc(F)s2)c2c(C)nn(C)c2n1. The third-order valence-electron chi connectivity index (χ3n) is 3.29. The van der Waals surface area contributed by atoms with Gasteiger partial charge in [0.25, 0.3) is 5.91 Å². The van der Waals surface area contributed by atoms with Crippen LogP contribution in [0.5, 0.6) is 0 Å². The van der Waals surface area contributed by atoms with Gasteiger partial charge in [-0.05, 0) is 32.0 Å². The maximum absolute atomic E-state index is 12.9. The van der Waals surface area contributed by atoms with E-state index in [1.54, 1.807) is 23.9 Å². The molecule has 1 amide bonds. The van der Waals surface area contributed by atoms with E-state index in [4.69, 9.17) is 0 Å². The predicted molar refractivity (Wildman–Crippen MR) is 87.3 cm³/mol. The molecule has 23 heavy (non-hydrogen) atoms. The highest BCUT2D eigenvalue weighted by Gasteiger charge is 2.17. The number of hydrogen-bond acceptors (Lipinski definition) is 5. The highest BCUT2D eigenvalue weighted by molar-refractivity contribution is 7.12. The van der Waals surface area contributed by atoms with Gasteiger partial charge in [-0.25, -0.2) is 10.4 Å². The van der Waals surface area contributed by atoms with Gasteiger partial charge >= 0.3 is 0 Å². The van der Waals surface area contributed by atoms with E-state index in [1.807, 2.05) is 13.8 Å². The van der Waals surface area contributed by atoms with Gasteiger partial charge in [-0.15, -0.1) is 11.3 Å². The summed E-state index contributed by atoms with van der Waals surface area (Å²) in [7, 11) is 1.78. The number of aromatic nitrogens is 3. The summed E-state index contributed by atoms with van der Waals surface area (Å²) < 4.78 is 14.5. The molecular formula is C15H14FN5OS. The Morgan fingerprint density at radius 1 is 1.43 bits per heavy atom. The maximum Gasteiger partial charge on any atom is 0.272 e. The zero-order valence-electron chi connectivity index (χ0n) is 12.8. The minimum Gasteiger partial charge on any atom is -0.267 e. The molecule has 0 aliphatic heterocycles. The number of thiophene rings is 1. The van der Waals surface area contributed by atoms with Gasteiger partial charge in [0.05, 0.1) is 27.7 Å². The van der Waals surface area contributed by atoms with Crippen LogP contribution in [-0.4, -0.2) is 26.9 Å². The van der Waals surface area contributed by atoms with E-state index in [1.165, 1.54) is 12.3 Å². The van der Waals surface area contributed by atoms with E-state index < -0.39 is 0 Å². The first-order valence-corrected chi connectivity index (χ1v) is 7.67. The zero-order valence-corrected chi connectivity index (χ0v) is 13.6. The molecule has 0 saturated carbocycles. The number of fused-ring (bicyclic) bond motifs is 1. The van der Waals surface area contributed by atoms with Gasteiger partial charge in [0.1, 0.15) is 0 Å². The Kier molecular flexibility index (Phi) is 3.91. The molecular weight excluding hydrogens is 317 g/mol. The average Bonchev–Trinajstić information content (AvgIpc) is 3.02. The molecule has 0 unspecified atom stereocenters. The Bertz CT molecular complexity index is 927. The molecule has 0 fully saturated rings. The molecule has 0 radical (unpaired) electrons. The molecule has 0 spiro atoms. The van der Waals surface area contributed by atoms with Crippen LogP contribution >= 0.6 is 11.3 Å². The monoisotopic (exact) mass is 331 g/mol. The van der Waals surface area contributed by atoms with Crippen molar-refractivity contribution in [2.24, 2.45) is 12.1 Å². The van der Waals surface area contributed by atoms with Crippen molar-refractivity contribution in [1.82, 2.24) is 20.2 Å². The third kappa shape index (κ3) is 2.98. The lowest BCUT2D eigenvalue weighted by atomic mass is 10.1. The summed E-state index contributed by atoms with van der Waals surface area (Å²) in [6, 6.07) is 4.64. The number of amides is 1. The molecule has 0 bridgehead atoms. The van der Waals surface area contributed by atoms with Gasteiger partial charge in [-0.3, -0.25) is 9.48 Å². The van der Waals surface area contributed by atoms with Crippen molar-refractivity contribution in [2.45, 2.75) is 13.8 Å². The maximum atomic E-state index is 12.9. The number of carbonyl (C=O) groups is 1. The molecule has 0 aromatic carbocycles. The van der Waals surface area contributed by atoms with Crippen LogP contribution in [0.1, 0.15) is 26.6 Å². The number of nitrogens with one attached hydrogen (secondary N) is 1. The van der Waals surface area contributed by atoms with E-state index >= 15 is 0 Å². The third-order valence-corrected chi connectivity index (χ3v) is 4.10. The van der Waals surface area contributed by atoms with Crippen molar-refractivity contribution in [1.29, 1.82) is 0 Å². The summed E-state index contributed by atoms with van der Waals surface area (Å²) >= 11 is 0.955. The number of hydrazone groups is 1.